The van der Waals surface area contributed by atoms with Gasteiger partial charge < -0.3 is 9.67 Å². The quantitative estimate of drug-likeness (QED) is 0.655. The number of aliphatic hydroxyl groups excluding tert-OH is 1. The lowest BCUT2D eigenvalue weighted by Gasteiger charge is -2.19. The molecule has 0 fully saturated rings. The predicted octanol–water partition coefficient (Wildman–Crippen LogP) is 4.56. The summed E-state index contributed by atoms with van der Waals surface area (Å²) in [5.74, 6) is -0.793. The van der Waals surface area contributed by atoms with E-state index in [1.165, 1.54) is 23.9 Å². The molecular formula is C19H18F2N2OS. The third-order valence-corrected chi connectivity index (χ3v) is 5.00. The number of benzene rings is 2. The van der Waals surface area contributed by atoms with E-state index in [0.29, 0.717) is 22.2 Å². The highest BCUT2D eigenvalue weighted by Crippen LogP contribution is 2.29. The van der Waals surface area contributed by atoms with E-state index in [-0.39, 0.29) is 12.6 Å². The maximum absolute atomic E-state index is 13.3. The first-order chi connectivity index (χ1) is 12.1. The fourth-order valence-corrected chi connectivity index (χ4v) is 3.74. The van der Waals surface area contributed by atoms with Crippen LogP contribution in [0.1, 0.15) is 29.8 Å². The largest absolute Gasteiger partial charge is 0.390 e. The molecule has 1 aromatic heterocycles. The molecule has 1 unspecified atom stereocenters. The fourth-order valence-electron chi connectivity index (χ4n) is 2.74. The van der Waals surface area contributed by atoms with Crippen molar-refractivity contribution in [3.8, 4) is 0 Å². The zero-order valence-corrected chi connectivity index (χ0v) is 14.5. The summed E-state index contributed by atoms with van der Waals surface area (Å²) in [6.45, 7) is 1.90. The number of hydrogen-bond acceptors (Lipinski definition) is 3. The van der Waals surface area contributed by atoms with E-state index in [2.05, 4.69) is 4.98 Å². The zero-order chi connectivity index (χ0) is 17.8. The number of aliphatic hydroxyl groups is 1. The lowest BCUT2D eigenvalue weighted by Crippen LogP contribution is -2.11. The smallest absolute Gasteiger partial charge is 0.169 e. The number of nitrogens with zero attached hydrogens (tertiary/aromatic N) is 2. The summed E-state index contributed by atoms with van der Waals surface area (Å²) >= 11 is 1.38. The maximum atomic E-state index is 13.3. The number of halogens is 2. The number of rotatable bonds is 6. The Hall–Kier alpha value is -2.18. The Morgan fingerprint density at radius 3 is 2.44 bits per heavy atom. The van der Waals surface area contributed by atoms with Gasteiger partial charge in [-0.1, -0.05) is 42.1 Å². The molecule has 6 heteroatoms. The van der Waals surface area contributed by atoms with Crippen LogP contribution in [0.2, 0.25) is 0 Å². The molecule has 0 saturated carbocycles. The summed E-state index contributed by atoms with van der Waals surface area (Å²) in [6.07, 6.45) is 1.63. The van der Waals surface area contributed by atoms with Crippen molar-refractivity contribution in [3.05, 3.63) is 83.2 Å². The second-order valence-electron chi connectivity index (χ2n) is 5.71. The molecular weight excluding hydrogens is 342 g/mol. The van der Waals surface area contributed by atoms with Gasteiger partial charge in [0, 0.05) is 11.8 Å². The molecule has 0 bridgehead atoms. The third kappa shape index (κ3) is 4.08. The minimum atomic E-state index is -0.590. The van der Waals surface area contributed by atoms with Crippen LogP contribution in [0.4, 0.5) is 8.78 Å². The van der Waals surface area contributed by atoms with Crippen molar-refractivity contribution in [2.45, 2.75) is 30.5 Å². The number of hydrogen-bond donors (Lipinski definition) is 1. The molecule has 1 heterocycles. The second kappa shape index (κ2) is 7.80. The zero-order valence-electron chi connectivity index (χ0n) is 13.7. The molecule has 1 atom stereocenters. The predicted molar refractivity (Wildman–Crippen MR) is 94.3 cm³/mol. The standard InChI is InChI=1S/C19H18F2N2OS/c1-13(15-5-3-2-4-6-15)23-18(11-24)10-22-19(23)25-12-14-7-16(20)9-17(21)8-14/h2-10,13,24H,11-12H2,1H3. The van der Waals surface area contributed by atoms with Crippen LogP contribution in [-0.2, 0) is 12.4 Å². The molecule has 1 N–H and O–H groups in total. The monoisotopic (exact) mass is 360 g/mol. The molecule has 0 aliphatic carbocycles. The van der Waals surface area contributed by atoms with E-state index in [4.69, 9.17) is 0 Å². The lowest BCUT2D eigenvalue weighted by molar-refractivity contribution is 0.267. The minimum Gasteiger partial charge on any atom is -0.390 e. The van der Waals surface area contributed by atoms with E-state index in [0.717, 1.165) is 11.6 Å². The van der Waals surface area contributed by atoms with Gasteiger partial charge in [0.25, 0.3) is 0 Å². The molecule has 0 spiro atoms. The molecule has 3 aromatic rings. The molecule has 130 valence electrons. The minimum absolute atomic E-state index is 0.0161. The first kappa shape index (κ1) is 17.6. The van der Waals surface area contributed by atoms with Crippen LogP contribution >= 0.6 is 11.8 Å². The van der Waals surface area contributed by atoms with Crippen molar-refractivity contribution in [1.82, 2.24) is 9.55 Å². The van der Waals surface area contributed by atoms with E-state index in [9.17, 15) is 13.9 Å². The van der Waals surface area contributed by atoms with Crippen LogP contribution in [0.25, 0.3) is 0 Å². The Balaban J connectivity index is 1.86. The summed E-state index contributed by atoms with van der Waals surface area (Å²) in [4.78, 5) is 4.37. The van der Waals surface area contributed by atoms with Gasteiger partial charge in [-0.3, -0.25) is 0 Å². The van der Waals surface area contributed by atoms with E-state index >= 15 is 0 Å². The molecule has 25 heavy (non-hydrogen) atoms. The van der Waals surface area contributed by atoms with Crippen molar-refractivity contribution < 1.29 is 13.9 Å². The van der Waals surface area contributed by atoms with Gasteiger partial charge in [-0.05, 0) is 30.2 Å². The number of aromatic nitrogens is 2. The molecule has 3 nitrogen and oxygen atoms in total. The summed E-state index contributed by atoms with van der Waals surface area (Å²) in [7, 11) is 0. The summed E-state index contributed by atoms with van der Waals surface area (Å²) in [5.41, 5.74) is 2.34. The van der Waals surface area contributed by atoms with Gasteiger partial charge in [0.1, 0.15) is 11.6 Å². The van der Waals surface area contributed by atoms with Crippen molar-refractivity contribution in [2.24, 2.45) is 0 Å². The Labute approximate surface area is 149 Å². The van der Waals surface area contributed by atoms with Crippen molar-refractivity contribution in [1.29, 1.82) is 0 Å². The van der Waals surface area contributed by atoms with Crippen LogP contribution < -0.4 is 0 Å². The normalized spacial score (nSPS) is 12.3. The fraction of sp³-hybridized carbons (Fsp3) is 0.211. The van der Waals surface area contributed by atoms with E-state index < -0.39 is 11.6 Å². The Morgan fingerprint density at radius 1 is 1.12 bits per heavy atom. The van der Waals surface area contributed by atoms with E-state index in [1.807, 2.05) is 41.8 Å². The summed E-state index contributed by atoms with van der Waals surface area (Å²) in [6, 6.07) is 13.4. The highest BCUT2D eigenvalue weighted by Gasteiger charge is 2.17. The van der Waals surface area contributed by atoms with Gasteiger partial charge in [0.2, 0.25) is 0 Å². The molecule has 0 aliphatic rings. The van der Waals surface area contributed by atoms with Crippen molar-refractivity contribution >= 4 is 11.8 Å². The van der Waals surface area contributed by atoms with Crippen LogP contribution in [0.3, 0.4) is 0 Å². The highest BCUT2D eigenvalue weighted by atomic mass is 32.2. The second-order valence-corrected chi connectivity index (χ2v) is 6.66. The van der Waals surface area contributed by atoms with Crippen molar-refractivity contribution in [3.63, 3.8) is 0 Å². The van der Waals surface area contributed by atoms with Crippen LogP contribution in [-0.4, -0.2) is 14.7 Å². The van der Waals surface area contributed by atoms with Gasteiger partial charge >= 0.3 is 0 Å². The first-order valence-electron chi connectivity index (χ1n) is 7.88. The Morgan fingerprint density at radius 2 is 1.80 bits per heavy atom. The number of imidazole rings is 1. The maximum Gasteiger partial charge on any atom is 0.169 e. The Bertz CT molecular complexity index is 832. The van der Waals surface area contributed by atoms with Gasteiger partial charge in [-0.15, -0.1) is 0 Å². The first-order valence-corrected chi connectivity index (χ1v) is 8.86. The Kier molecular flexibility index (Phi) is 5.50. The summed E-state index contributed by atoms with van der Waals surface area (Å²) < 4.78 is 28.6. The topological polar surface area (TPSA) is 38.0 Å². The third-order valence-electron chi connectivity index (χ3n) is 3.96. The molecule has 0 amide bonds. The van der Waals surface area contributed by atoms with Gasteiger partial charge in [-0.25, -0.2) is 13.8 Å². The van der Waals surface area contributed by atoms with Crippen LogP contribution in [0.5, 0.6) is 0 Å². The highest BCUT2D eigenvalue weighted by molar-refractivity contribution is 7.98. The molecule has 0 saturated heterocycles. The number of thioether (sulfide) groups is 1. The van der Waals surface area contributed by atoms with Crippen molar-refractivity contribution in [2.75, 3.05) is 0 Å². The average Bonchev–Trinajstić information content (AvgIpc) is 3.02. The molecule has 0 radical (unpaired) electrons. The summed E-state index contributed by atoms with van der Waals surface area (Å²) in [5, 5.41) is 10.3. The lowest BCUT2D eigenvalue weighted by atomic mass is 10.1. The molecule has 0 aliphatic heterocycles. The van der Waals surface area contributed by atoms with Crippen LogP contribution in [0.15, 0.2) is 59.9 Å². The van der Waals surface area contributed by atoms with E-state index in [1.54, 1.807) is 6.20 Å². The molecule has 2 aromatic carbocycles. The van der Waals surface area contributed by atoms with Gasteiger partial charge in [0.15, 0.2) is 5.16 Å². The van der Waals surface area contributed by atoms with Gasteiger partial charge in [0.05, 0.1) is 24.5 Å². The van der Waals surface area contributed by atoms with Gasteiger partial charge in [-0.2, -0.15) is 0 Å². The molecule has 3 rings (SSSR count). The average molecular weight is 360 g/mol. The SMILES string of the molecule is CC(c1ccccc1)n1c(CO)cnc1SCc1cc(F)cc(F)c1. The van der Waals surface area contributed by atoms with Crippen LogP contribution in [0, 0.1) is 11.6 Å².